The number of aryl methyl sites for hydroxylation is 1. The molecule has 4 heteroatoms. The SMILES string of the molecule is CCCC[n+]1ccn([C@H]2CC[C@@H](C(C(N)=O)(c3ccccc3)c3ccccc3)C2)c1C. The fourth-order valence-corrected chi connectivity index (χ4v) is 5.60. The van der Waals surface area contributed by atoms with Gasteiger partial charge in [-0.05, 0) is 42.7 Å². The third-order valence-electron chi connectivity index (χ3n) is 7.21. The monoisotopic (exact) mass is 416 g/mol. The normalized spacial score (nSPS) is 18.9. The summed E-state index contributed by atoms with van der Waals surface area (Å²) in [5.41, 5.74) is 7.43. The first-order chi connectivity index (χ1) is 15.1. The summed E-state index contributed by atoms with van der Waals surface area (Å²) in [6.07, 6.45) is 9.78. The van der Waals surface area contributed by atoms with Crippen LogP contribution in [0.4, 0.5) is 0 Å². The van der Waals surface area contributed by atoms with Gasteiger partial charge in [0.1, 0.15) is 23.9 Å². The predicted octanol–water partition coefficient (Wildman–Crippen LogP) is 4.70. The second-order valence-electron chi connectivity index (χ2n) is 8.87. The van der Waals surface area contributed by atoms with Crippen molar-refractivity contribution >= 4 is 5.91 Å². The van der Waals surface area contributed by atoms with Gasteiger partial charge in [0.2, 0.25) is 5.91 Å². The van der Waals surface area contributed by atoms with Gasteiger partial charge in [0, 0.05) is 6.92 Å². The first kappa shape index (κ1) is 21.4. The highest BCUT2D eigenvalue weighted by molar-refractivity contribution is 5.91. The quantitative estimate of drug-likeness (QED) is 0.532. The maximum Gasteiger partial charge on any atom is 0.253 e. The highest BCUT2D eigenvalue weighted by Gasteiger charge is 2.51. The van der Waals surface area contributed by atoms with Crippen molar-refractivity contribution < 1.29 is 9.36 Å². The summed E-state index contributed by atoms with van der Waals surface area (Å²) in [5.74, 6) is 1.20. The summed E-state index contributed by atoms with van der Waals surface area (Å²) in [6, 6.07) is 20.7. The van der Waals surface area contributed by atoms with E-state index in [9.17, 15) is 4.79 Å². The molecule has 1 aliphatic carbocycles. The molecule has 1 amide bonds. The van der Waals surface area contributed by atoms with Crippen LogP contribution in [0.5, 0.6) is 0 Å². The maximum absolute atomic E-state index is 13.3. The van der Waals surface area contributed by atoms with Crippen molar-refractivity contribution in [1.82, 2.24) is 4.57 Å². The number of benzene rings is 2. The molecule has 2 N–H and O–H groups in total. The van der Waals surface area contributed by atoms with Crippen molar-refractivity contribution in [3.05, 3.63) is 90.0 Å². The van der Waals surface area contributed by atoms with E-state index in [1.807, 2.05) is 36.4 Å². The minimum Gasteiger partial charge on any atom is -0.369 e. The number of hydrogen-bond acceptors (Lipinski definition) is 1. The van der Waals surface area contributed by atoms with Gasteiger partial charge >= 0.3 is 0 Å². The van der Waals surface area contributed by atoms with Gasteiger partial charge in [0.15, 0.2) is 0 Å². The van der Waals surface area contributed by atoms with Crippen molar-refractivity contribution in [1.29, 1.82) is 0 Å². The van der Waals surface area contributed by atoms with Gasteiger partial charge in [-0.1, -0.05) is 74.0 Å². The van der Waals surface area contributed by atoms with Gasteiger partial charge in [0.05, 0.1) is 6.54 Å². The number of imidazole rings is 1. The largest absolute Gasteiger partial charge is 0.369 e. The van der Waals surface area contributed by atoms with Crippen molar-refractivity contribution in [2.45, 2.75) is 64.0 Å². The van der Waals surface area contributed by atoms with Crippen LogP contribution in [0.3, 0.4) is 0 Å². The van der Waals surface area contributed by atoms with Gasteiger partial charge in [-0.3, -0.25) is 4.79 Å². The fraction of sp³-hybridized carbons (Fsp3) is 0.407. The smallest absolute Gasteiger partial charge is 0.253 e. The van der Waals surface area contributed by atoms with Crippen LogP contribution in [0.1, 0.15) is 62.0 Å². The number of rotatable bonds is 8. The van der Waals surface area contributed by atoms with Gasteiger partial charge in [-0.15, -0.1) is 0 Å². The van der Waals surface area contributed by atoms with Crippen LogP contribution in [0, 0.1) is 12.8 Å². The van der Waals surface area contributed by atoms with Gasteiger partial charge in [-0.2, -0.15) is 0 Å². The number of carbonyl (C=O) groups is 1. The Morgan fingerprint density at radius 1 is 1.06 bits per heavy atom. The highest BCUT2D eigenvalue weighted by atomic mass is 16.1. The molecule has 0 unspecified atom stereocenters. The first-order valence-corrected chi connectivity index (χ1v) is 11.6. The lowest BCUT2D eigenvalue weighted by Crippen LogP contribution is -2.47. The second-order valence-corrected chi connectivity index (χ2v) is 8.87. The van der Waals surface area contributed by atoms with E-state index in [1.165, 1.54) is 18.7 Å². The molecule has 0 saturated heterocycles. The Kier molecular flexibility index (Phi) is 6.26. The highest BCUT2D eigenvalue weighted by Crippen LogP contribution is 2.49. The summed E-state index contributed by atoms with van der Waals surface area (Å²) in [6.45, 7) is 5.49. The zero-order valence-electron chi connectivity index (χ0n) is 18.7. The van der Waals surface area contributed by atoms with E-state index in [1.54, 1.807) is 0 Å². The Hall–Kier alpha value is -2.88. The molecule has 31 heavy (non-hydrogen) atoms. The topological polar surface area (TPSA) is 51.9 Å². The molecule has 0 radical (unpaired) electrons. The Labute approximate surface area is 185 Å². The summed E-state index contributed by atoms with van der Waals surface area (Å²) in [7, 11) is 0. The molecule has 2 aromatic carbocycles. The van der Waals surface area contributed by atoms with E-state index in [0.29, 0.717) is 6.04 Å². The molecule has 4 nitrogen and oxygen atoms in total. The van der Waals surface area contributed by atoms with Gasteiger partial charge in [-0.25, -0.2) is 9.13 Å². The van der Waals surface area contributed by atoms with Gasteiger partial charge < -0.3 is 5.73 Å². The number of amides is 1. The fourth-order valence-electron chi connectivity index (χ4n) is 5.60. The van der Waals surface area contributed by atoms with E-state index in [0.717, 1.165) is 36.9 Å². The zero-order chi connectivity index (χ0) is 21.8. The number of hydrogen-bond donors (Lipinski definition) is 1. The number of aromatic nitrogens is 2. The standard InChI is InChI=1S/C27H33N3O/c1-3-4-17-29-18-19-30(21(29)2)25-16-15-24(20-25)27(26(28)31,22-11-7-5-8-12-22)23-13-9-6-10-14-23/h5-14,18-19,24-25H,3-4,15-17,20H2,1-2H3,(H-,28,31)/p+1/t24-,25+/m1/s1. The molecule has 162 valence electrons. The minimum absolute atomic E-state index is 0.158. The molecule has 1 aliphatic rings. The van der Waals surface area contributed by atoms with E-state index >= 15 is 0 Å². The third kappa shape index (κ3) is 3.80. The first-order valence-electron chi connectivity index (χ1n) is 11.6. The average Bonchev–Trinajstić information content (AvgIpc) is 3.41. The molecule has 1 saturated carbocycles. The number of primary amides is 1. The Morgan fingerprint density at radius 3 is 2.23 bits per heavy atom. The molecule has 4 rings (SSSR count). The lowest BCUT2D eigenvalue weighted by atomic mass is 9.64. The zero-order valence-corrected chi connectivity index (χ0v) is 18.7. The van der Waals surface area contributed by atoms with E-state index in [-0.39, 0.29) is 11.8 Å². The van der Waals surface area contributed by atoms with Crippen LogP contribution in [0.2, 0.25) is 0 Å². The third-order valence-corrected chi connectivity index (χ3v) is 7.21. The molecule has 2 atom stereocenters. The Morgan fingerprint density at radius 2 is 1.68 bits per heavy atom. The van der Waals surface area contributed by atoms with Crippen molar-refractivity contribution in [2.75, 3.05) is 0 Å². The molecule has 1 heterocycles. The second kappa shape index (κ2) is 9.09. The lowest BCUT2D eigenvalue weighted by molar-refractivity contribution is -0.702. The summed E-state index contributed by atoms with van der Waals surface area (Å²) < 4.78 is 4.77. The summed E-state index contributed by atoms with van der Waals surface area (Å²) in [4.78, 5) is 13.3. The Bertz CT molecular complexity index is 970. The number of carbonyl (C=O) groups excluding carboxylic acids is 1. The molecule has 1 aromatic heterocycles. The Balaban J connectivity index is 1.72. The average molecular weight is 417 g/mol. The van der Waals surface area contributed by atoms with Gasteiger partial charge in [0.25, 0.3) is 5.82 Å². The maximum atomic E-state index is 13.3. The number of unbranched alkanes of at least 4 members (excludes halogenated alkanes) is 1. The molecular weight excluding hydrogens is 382 g/mol. The predicted molar refractivity (Wildman–Crippen MR) is 124 cm³/mol. The summed E-state index contributed by atoms with van der Waals surface area (Å²) in [5, 5.41) is 0. The van der Waals surface area contributed by atoms with Crippen molar-refractivity contribution in [3.63, 3.8) is 0 Å². The van der Waals surface area contributed by atoms with Crippen LogP contribution >= 0.6 is 0 Å². The van der Waals surface area contributed by atoms with E-state index in [4.69, 9.17) is 5.73 Å². The van der Waals surface area contributed by atoms with Crippen molar-refractivity contribution in [3.8, 4) is 0 Å². The van der Waals surface area contributed by atoms with Crippen LogP contribution < -0.4 is 10.3 Å². The van der Waals surface area contributed by atoms with E-state index in [2.05, 4.69) is 59.6 Å². The molecular formula is C27H34N3O+. The molecule has 0 aliphatic heterocycles. The van der Waals surface area contributed by atoms with Crippen molar-refractivity contribution in [2.24, 2.45) is 11.7 Å². The van der Waals surface area contributed by atoms with E-state index < -0.39 is 5.41 Å². The van der Waals surface area contributed by atoms with Crippen LogP contribution in [-0.4, -0.2) is 10.5 Å². The molecule has 0 spiro atoms. The number of nitrogens with two attached hydrogens (primary N) is 1. The lowest BCUT2D eigenvalue weighted by Gasteiger charge is -2.37. The molecule has 3 aromatic rings. The summed E-state index contributed by atoms with van der Waals surface area (Å²) >= 11 is 0. The molecule has 0 bridgehead atoms. The van der Waals surface area contributed by atoms with Crippen LogP contribution in [-0.2, 0) is 16.8 Å². The molecule has 1 fully saturated rings. The minimum atomic E-state index is -0.809. The number of nitrogens with zero attached hydrogens (tertiary/aromatic N) is 2. The van der Waals surface area contributed by atoms with Crippen LogP contribution in [0.15, 0.2) is 73.1 Å². The van der Waals surface area contributed by atoms with Crippen LogP contribution in [0.25, 0.3) is 0 Å².